The first-order valence-electron chi connectivity index (χ1n) is 7.40. The molecule has 1 atom stereocenters. The lowest BCUT2D eigenvalue weighted by Gasteiger charge is -2.00. The second-order valence-electron chi connectivity index (χ2n) is 5.35. The zero-order chi connectivity index (χ0) is 16.2. The third-order valence-corrected chi connectivity index (χ3v) is 5.86. The first-order chi connectivity index (χ1) is 11.1. The van der Waals surface area contributed by atoms with Crippen LogP contribution in [0.25, 0.3) is 10.6 Å². The highest BCUT2D eigenvalue weighted by molar-refractivity contribution is 7.84. The summed E-state index contributed by atoms with van der Waals surface area (Å²) in [4.78, 5) is 4.60. The van der Waals surface area contributed by atoms with E-state index < -0.39 is 10.8 Å². The Morgan fingerprint density at radius 3 is 2.70 bits per heavy atom. The van der Waals surface area contributed by atoms with E-state index in [9.17, 15) is 4.21 Å². The molecule has 0 saturated carbocycles. The maximum atomic E-state index is 12.3. The van der Waals surface area contributed by atoms with Gasteiger partial charge in [-0.1, -0.05) is 35.5 Å². The molecule has 120 valence electrons. The number of benzene rings is 1. The normalized spacial score (nSPS) is 12.4. The van der Waals surface area contributed by atoms with Crippen LogP contribution in [-0.4, -0.2) is 20.1 Å². The van der Waals surface area contributed by atoms with Gasteiger partial charge in [0.05, 0.1) is 17.1 Å². The Kier molecular flexibility index (Phi) is 5.03. The van der Waals surface area contributed by atoms with E-state index in [2.05, 4.69) is 10.1 Å². The quantitative estimate of drug-likeness (QED) is 0.679. The molecule has 0 radical (unpaired) electrons. The molecular formula is C17H18N2O2S2. The van der Waals surface area contributed by atoms with Crippen LogP contribution in [-0.2, 0) is 23.0 Å². The number of nitrogens with zero attached hydrogens (tertiary/aromatic N) is 2. The Hall–Kier alpha value is -1.79. The van der Waals surface area contributed by atoms with Crippen LogP contribution >= 0.6 is 11.3 Å². The van der Waals surface area contributed by atoms with E-state index in [-0.39, 0.29) is 0 Å². The number of hydrogen-bond donors (Lipinski definition) is 0. The van der Waals surface area contributed by atoms with E-state index >= 15 is 0 Å². The van der Waals surface area contributed by atoms with E-state index in [1.807, 2.05) is 49.6 Å². The van der Waals surface area contributed by atoms with Gasteiger partial charge in [-0.05, 0) is 20.3 Å². The third kappa shape index (κ3) is 3.95. The van der Waals surface area contributed by atoms with Crippen LogP contribution in [0.4, 0.5) is 0 Å². The Morgan fingerprint density at radius 1 is 1.22 bits per heavy atom. The Morgan fingerprint density at radius 2 is 2.00 bits per heavy atom. The minimum atomic E-state index is -0.940. The van der Waals surface area contributed by atoms with Gasteiger partial charge in [0.2, 0.25) is 0 Å². The van der Waals surface area contributed by atoms with Crippen LogP contribution in [0.5, 0.6) is 0 Å². The summed E-state index contributed by atoms with van der Waals surface area (Å²) in [6, 6.07) is 10.1. The molecule has 0 amide bonds. The molecule has 0 aliphatic heterocycles. The minimum Gasteiger partial charge on any atom is -0.361 e. The molecule has 3 aromatic rings. The molecule has 3 rings (SSSR count). The topological polar surface area (TPSA) is 56.0 Å². The van der Waals surface area contributed by atoms with Gasteiger partial charge in [-0.3, -0.25) is 4.21 Å². The molecular weight excluding hydrogens is 328 g/mol. The fourth-order valence-electron chi connectivity index (χ4n) is 2.40. The van der Waals surface area contributed by atoms with E-state index in [4.69, 9.17) is 4.52 Å². The van der Waals surface area contributed by atoms with Crippen molar-refractivity contribution in [3.05, 3.63) is 58.4 Å². The maximum absolute atomic E-state index is 12.3. The monoisotopic (exact) mass is 346 g/mol. The molecule has 0 N–H and O–H groups in total. The first-order valence-corrected chi connectivity index (χ1v) is 9.77. The molecule has 0 aliphatic carbocycles. The lowest BCUT2D eigenvalue weighted by molar-refractivity contribution is 0.392. The van der Waals surface area contributed by atoms with Crippen LogP contribution in [0.15, 0.2) is 40.2 Å². The van der Waals surface area contributed by atoms with Crippen LogP contribution in [0.3, 0.4) is 0 Å². The van der Waals surface area contributed by atoms with Crippen molar-refractivity contribution >= 4 is 22.1 Å². The smallest absolute Gasteiger partial charge is 0.137 e. The predicted octanol–water partition coefficient (Wildman–Crippen LogP) is 3.91. The van der Waals surface area contributed by atoms with E-state index in [1.54, 1.807) is 11.3 Å². The fraction of sp³-hybridized carbons (Fsp3) is 0.294. The Balaban J connectivity index is 1.59. The molecule has 1 unspecified atom stereocenters. The average Bonchev–Trinajstić information content (AvgIpc) is 3.14. The summed E-state index contributed by atoms with van der Waals surface area (Å²) in [6.45, 7) is 3.81. The van der Waals surface area contributed by atoms with Gasteiger partial charge in [0, 0.05) is 33.1 Å². The summed E-state index contributed by atoms with van der Waals surface area (Å²) in [5.74, 6) is 1.91. The van der Waals surface area contributed by atoms with Gasteiger partial charge in [-0.2, -0.15) is 0 Å². The van der Waals surface area contributed by atoms with Crippen molar-refractivity contribution in [3.63, 3.8) is 0 Å². The zero-order valence-corrected chi connectivity index (χ0v) is 14.7. The Bertz CT molecular complexity index is 790. The van der Waals surface area contributed by atoms with E-state index in [0.717, 1.165) is 39.7 Å². The standard InChI is InChI=1S/C17H18N2O2S2/c1-12-16(13(2)21-19-12)8-9-23(20)11-15-10-22-17(18-15)14-6-4-3-5-7-14/h3-7,10H,8-9,11H2,1-2H3. The summed E-state index contributed by atoms with van der Waals surface area (Å²) >= 11 is 1.59. The molecule has 2 aromatic heterocycles. The molecule has 0 aliphatic rings. The predicted molar refractivity (Wildman–Crippen MR) is 93.9 cm³/mol. The highest BCUT2D eigenvalue weighted by Crippen LogP contribution is 2.24. The minimum absolute atomic E-state index is 0.493. The summed E-state index contributed by atoms with van der Waals surface area (Å²) in [7, 11) is -0.940. The molecule has 4 nitrogen and oxygen atoms in total. The van der Waals surface area contributed by atoms with Crippen molar-refractivity contribution in [2.24, 2.45) is 0 Å². The number of thiazole rings is 1. The Labute approximate surface area is 142 Å². The molecule has 2 heterocycles. The van der Waals surface area contributed by atoms with E-state index in [1.165, 1.54) is 0 Å². The number of aryl methyl sites for hydroxylation is 2. The van der Waals surface area contributed by atoms with Gasteiger partial charge in [0.1, 0.15) is 10.8 Å². The molecule has 0 fully saturated rings. The van der Waals surface area contributed by atoms with Crippen molar-refractivity contribution < 1.29 is 8.73 Å². The van der Waals surface area contributed by atoms with Gasteiger partial charge in [0.15, 0.2) is 0 Å². The van der Waals surface area contributed by atoms with Crippen molar-refractivity contribution in [2.45, 2.75) is 26.0 Å². The highest BCUT2D eigenvalue weighted by atomic mass is 32.2. The van der Waals surface area contributed by atoms with Gasteiger partial charge in [-0.25, -0.2) is 4.98 Å². The van der Waals surface area contributed by atoms with Crippen LogP contribution < -0.4 is 0 Å². The van der Waals surface area contributed by atoms with Gasteiger partial charge in [-0.15, -0.1) is 11.3 Å². The summed E-state index contributed by atoms with van der Waals surface area (Å²) < 4.78 is 17.4. The number of hydrogen-bond acceptors (Lipinski definition) is 5. The fourth-order valence-corrected chi connectivity index (χ4v) is 4.38. The zero-order valence-electron chi connectivity index (χ0n) is 13.1. The lowest BCUT2D eigenvalue weighted by atomic mass is 10.1. The van der Waals surface area contributed by atoms with Gasteiger partial charge in [0.25, 0.3) is 0 Å². The molecule has 1 aromatic carbocycles. The summed E-state index contributed by atoms with van der Waals surface area (Å²) in [6.07, 6.45) is 0.726. The average molecular weight is 346 g/mol. The second kappa shape index (κ2) is 7.19. The van der Waals surface area contributed by atoms with Crippen LogP contribution in [0.2, 0.25) is 0 Å². The molecule has 0 saturated heterocycles. The van der Waals surface area contributed by atoms with Crippen LogP contribution in [0.1, 0.15) is 22.7 Å². The van der Waals surface area contributed by atoms with Crippen molar-refractivity contribution in [1.29, 1.82) is 0 Å². The van der Waals surface area contributed by atoms with Crippen molar-refractivity contribution in [3.8, 4) is 10.6 Å². The summed E-state index contributed by atoms with van der Waals surface area (Å²) in [5.41, 5.74) is 3.96. The molecule has 6 heteroatoms. The van der Waals surface area contributed by atoms with E-state index in [0.29, 0.717) is 11.5 Å². The summed E-state index contributed by atoms with van der Waals surface area (Å²) in [5, 5.41) is 6.90. The maximum Gasteiger partial charge on any atom is 0.137 e. The highest BCUT2D eigenvalue weighted by Gasteiger charge is 2.12. The number of rotatable bonds is 6. The van der Waals surface area contributed by atoms with Crippen LogP contribution in [0, 0.1) is 13.8 Å². The lowest BCUT2D eigenvalue weighted by Crippen LogP contribution is -2.05. The second-order valence-corrected chi connectivity index (χ2v) is 7.79. The van der Waals surface area contributed by atoms with Crippen molar-refractivity contribution in [1.82, 2.24) is 10.1 Å². The molecule has 23 heavy (non-hydrogen) atoms. The molecule has 0 spiro atoms. The van der Waals surface area contributed by atoms with Gasteiger partial charge < -0.3 is 4.52 Å². The first kappa shape index (κ1) is 16.1. The third-order valence-electron chi connectivity index (χ3n) is 3.64. The largest absolute Gasteiger partial charge is 0.361 e. The van der Waals surface area contributed by atoms with Crippen molar-refractivity contribution in [2.75, 3.05) is 5.75 Å². The van der Waals surface area contributed by atoms with Gasteiger partial charge >= 0.3 is 0 Å². The number of aromatic nitrogens is 2. The SMILES string of the molecule is Cc1noc(C)c1CCS(=O)Cc1csc(-c2ccccc2)n1. The molecule has 0 bridgehead atoms.